The van der Waals surface area contributed by atoms with Crippen molar-refractivity contribution in [3.8, 4) is 0 Å². The van der Waals surface area contributed by atoms with Crippen molar-refractivity contribution < 1.29 is 0 Å². The van der Waals surface area contributed by atoms with Crippen LogP contribution in [0, 0.1) is 0 Å². The average Bonchev–Trinajstić information content (AvgIpc) is 2.62. The van der Waals surface area contributed by atoms with Crippen molar-refractivity contribution in [2.24, 2.45) is 0 Å². The molecule has 1 aliphatic heterocycles. The SMILES string of the molecule is C/C(=C\c1ccccc1)CNC1CCCN(c2cccnn2)C1. The number of benzene rings is 1. The number of piperidine rings is 1. The molecule has 2 aromatic rings. The molecule has 4 heteroatoms. The predicted octanol–water partition coefficient (Wildman–Crippen LogP) is 3.14. The molecular weight excluding hydrogens is 284 g/mol. The lowest BCUT2D eigenvalue weighted by Gasteiger charge is -2.33. The molecule has 1 N–H and O–H groups in total. The number of hydrogen-bond donors (Lipinski definition) is 1. The number of anilines is 1. The maximum absolute atomic E-state index is 4.22. The Morgan fingerprint density at radius 2 is 2.13 bits per heavy atom. The van der Waals surface area contributed by atoms with E-state index in [9.17, 15) is 0 Å². The van der Waals surface area contributed by atoms with E-state index in [2.05, 4.69) is 57.7 Å². The molecule has 3 rings (SSSR count). The van der Waals surface area contributed by atoms with Gasteiger partial charge in [-0.1, -0.05) is 42.0 Å². The molecule has 1 aromatic heterocycles. The first kappa shape index (κ1) is 15.7. The van der Waals surface area contributed by atoms with E-state index in [0.717, 1.165) is 25.5 Å². The Morgan fingerprint density at radius 1 is 1.26 bits per heavy atom. The first-order chi connectivity index (χ1) is 11.3. The predicted molar refractivity (Wildman–Crippen MR) is 95.4 cm³/mol. The van der Waals surface area contributed by atoms with E-state index >= 15 is 0 Å². The molecular formula is C19H24N4. The molecule has 4 nitrogen and oxygen atoms in total. The maximum Gasteiger partial charge on any atom is 0.151 e. The van der Waals surface area contributed by atoms with Crippen molar-refractivity contribution in [2.45, 2.75) is 25.8 Å². The Bertz CT molecular complexity index is 624. The van der Waals surface area contributed by atoms with Crippen molar-refractivity contribution >= 4 is 11.9 Å². The molecule has 0 bridgehead atoms. The van der Waals surface area contributed by atoms with Gasteiger partial charge in [0.25, 0.3) is 0 Å². The Labute approximate surface area is 138 Å². The van der Waals surface area contributed by atoms with Crippen LogP contribution in [0.2, 0.25) is 0 Å². The maximum atomic E-state index is 4.22. The number of aromatic nitrogens is 2. The summed E-state index contributed by atoms with van der Waals surface area (Å²) in [6.45, 7) is 5.17. The van der Waals surface area contributed by atoms with Crippen molar-refractivity contribution in [1.82, 2.24) is 15.5 Å². The van der Waals surface area contributed by atoms with Crippen molar-refractivity contribution in [1.29, 1.82) is 0 Å². The summed E-state index contributed by atoms with van der Waals surface area (Å²) in [5.41, 5.74) is 2.62. The van der Waals surface area contributed by atoms with E-state index in [0.29, 0.717) is 6.04 Å². The topological polar surface area (TPSA) is 41.0 Å². The average molecular weight is 308 g/mol. The molecule has 120 valence electrons. The summed E-state index contributed by atoms with van der Waals surface area (Å²) >= 11 is 0. The third-order valence-corrected chi connectivity index (χ3v) is 4.19. The molecule has 1 atom stereocenters. The van der Waals surface area contributed by atoms with E-state index in [-0.39, 0.29) is 0 Å². The lowest BCUT2D eigenvalue weighted by molar-refractivity contribution is 0.432. The summed E-state index contributed by atoms with van der Waals surface area (Å²) in [5.74, 6) is 0.982. The quantitative estimate of drug-likeness (QED) is 0.921. The zero-order valence-electron chi connectivity index (χ0n) is 13.7. The van der Waals surface area contributed by atoms with Gasteiger partial charge in [-0.2, -0.15) is 5.10 Å². The number of hydrogen-bond acceptors (Lipinski definition) is 4. The Balaban J connectivity index is 1.53. The summed E-state index contributed by atoms with van der Waals surface area (Å²) in [4.78, 5) is 2.32. The number of rotatable bonds is 5. The van der Waals surface area contributed by atoms with Crippen LogP contribution in [0.15, 0.2) is 54.2 Å². The van der Waals surface area contributed by atoms with Crippen molar-refractivity contribution in [3.63, 3.8) is 0 Å². The van der Waals surface area contributed by atoms with E-state index in [4.69, 9.17) is 0 Å². The largest absolute Gasteiger partial charge is 0.354 e. The Hall–Kier alpha value is -2.20. The highest BCUT2D eigenvalue weighted by Crippen LogP contribution is 2.17. The molecule has 1 fully saturated rings. The van der Waals surface area contributed by atoms with Crippen LogP contribution in [0.3, 0.4) is 0 Å². The summed E-state index contributed by atoms with van der Waals surface area (Å²) in [7, 11) is 0. The van der Waals surface area contributed by atoms with Crippen LogP contribution in [0.5, 0.6) is 0 Å². The fraction of sp³-hybridized carbons (Fsp3) is 0.368. The molecule has 0 amide bonds. The van der Waals surface area contributed by atoms with E-state index in [1.54, 1.807) is 6.20 Å². The minimum atomic E-state index is 0.505. The lowest BCUT2D eigenvalue weighted by Crippen LogP contribution is -2.46. The second kappa shape index (κ2) is 7.88. The van der Waals surface area contributed by atoms with Crippen LogP contribution in [0.25, 0.3) is 6.08 Å². The highest BCUT2D eigenvalue weighted by Gasteiger charge is 2.20. The van der Waals surface area contributed by atoms with Gasteiger partial charge in [0.15, 0.2) is 5.82 Å². The monoisotopic (exact) mass is 308 g/mol. The molecule has 1 aliphatic rings. The molecule has 2 heterocycles. The smallest absolute Gasteiger partial charge is 0.151 e. The standard InChI is InChI=1S/C19H24N4/c1-16(13-17-7-3-2-4-8-17)14-20-18-9-6-12-23(15-18)19-10-5-11-21-22-19/h2-5,7-8,10-11,13,18,20H,6,9,12,14-15H2,1H3/b16-13+. The number of nitrogens with one attached hydrogen (secondary N) is 1. The Kier molecular flexibility index (Phi) is 5.37. The van der Waals surface area contributed by atoms with Gasteiger partial charge in [-0.05, 0) is 37.5 Å². The molecule has 1 saturated heterocycles. The van der Waals surface area contributed by atoms with E-state index < -0.39 is 0 Å². The summed E-state index contributed by atoms with van der Waals surface area (Å²) in [5, 5.41) is 11.9. The van der Waals surface area contributed by atoms with E-state index in [1.165, 1.54) is 24.0 Å². The molecule has 1 unspecified atom stereocenters. The molecule has 0 radical (unpaired) electrons. The van der Waals surface area contributed by atoms with Crippen LogP contribution in [0.4, 0.5) is 5.82 Å². The van der Waals surface area contributed by atoms with Gasteiger partial charge in [0.1, 0.15) is 0 Å². The highest BCUT2D eigenvalue weighted by atomic mass is 15.3. The lowest BCUT2D eigenvalue weighted by atomic mass is 10.0. The normalized spacial score (nSPS) is 18.9. The van der Waals surface area contributed by atoms with Gasteiger partial charge < -0.3 is 10.2 Å². The third-order valence-electron chi connectivity index (χ3n) is 4.19. The molecule has 1 aromatic carbocycles. The first-order valence-corrected chi connectivity index (χ1v) is 8.29. The molecule has 0 spiro atoms. The minimum Gasteiger partial charge on any atom is -0.354 e. The summed E-state index contributed by atoms with van der Waals surface area (Å²) < 4.78 is 0. The highest BCUT2D eigenvalue weighted by molar-refractivity contribution is 5.52. The van der Waals surface area contributed by atoms with Crippen LogP contribution >= 0.6 is 0 Å². The molecule has 23 heavy (non-hydrogen) atoms. The van der Waals surface area contributed by atoms with Crippen LogP contribution in [-0.2, 0) is 0 Å². The third kappa shape index (κ3) is 4.63. The van der Waals surface area contributed by atoms with E-state index in [1.807, 2.05) is 18.2 Å². The molecule has 0 saturated carbocycles. The first-order valence-electron chi connectivity index (χ1n) is 8.29. The van der Waals surface area contributed by atoms with Gasteiger partial charge >= 0.3 is 0 Å². The van der Waals surface area contributed by atoms with Crippen LogP contribution in [-0.4, -0.2) is 35.9 Å². The van der Waals surface area contributed by atoms with Crippen molar-refractivity contribution in [2.75, 3.05) is 24.5 Å². The fourth-order valence-corrected chi connectivity index (χ4v) is 3.00. The zero-order valence-corrected chi connectivity index (χ0v) is 13.7. The van der Waals surface area contributed by atoms with Gasteiger partial charge in [-0.25, -0.2) is 0 Å². The van der Waals surface area contributed by atoms with Gasteiger partial charge in [0.2, 0.25) is 0 Å². The van der Waals surface area contributed by atoms with Crippen LogP contribution in [0.1, 0.15) is 25.3 Å². The number of nitrogens with zero attached hydrogens (tertiary/aromatic N) is 3. The van der Waals surface area contributed by atoms with Crippen LogP contribution < -0.4 is 10.2 Å². The molecule has 0 aliphatic carbocycles. The second-order valence-corrected chi connectivity index (χ2v) is 6.15. The second-order valence-electron chi connectivity index (χ2n) is 6.15. The van der Waals surface area contributed by atoms with Gasteiger partial charge in [-0.15, -0.1) is 5.10 Å². The van der Waals surface area contributed by atoms with Gasteiger partial charge in [0.05, 0.1) is 0 Å². The zero-order chi connectivity index (χ0) is 15.9. The van der Waals surface area contributed by atoms with Crippen molar-refractivity contribution in [3.05, 3.63) is 59.8 Å². The van der Waals surface area contributed by atoms with Gasteiger partial charge in [0, 0.05) is 31.9 Å². The summed E-state index contributed by atoms with van der Waals surface area (Å²) in [6, 6.07) is 15.0. The fourth-order valence-electron chi connectivity index (χ4n) is 3.00. The summed E-state index contributed by atoms with van der Waals surface area (Å²) in [6.07, 6.45) is 6.38. The minimum absolute atomic E-state index is 0.505. The van der Waals surface area contributed by atoms with Gasteiger partial charge in [-0.3, -0.25) is 0 Å². The Morgan fingerprint density at radius 3 is 2.91 bits per heavy atom.